The number of amides is 3. The molecular weight excluding hydrogens is 429 g/mol. The third-order valence-electron chi connectivity index (χ3n) is 4.21. The van der Waals surface area contributed by atoms with Crippen LogP contribution in [0.5, 0.6) is 0 Å². The van der Waals surface area contributed by atoms with Gasteiger partial charge in [0.1, 0.15) is 0 Å². The molecule has 0 saturated carbocycles. The van der Waals surface area contributed by atoms with Crippen LogP contribution in [0.2, 0.25) is 0 Å². The van der Waals surface area contributed by atoms with E-state index in [1.54, 1.807) is 4.90 Å². The van der Waals surface area contributed by atoms with Crippen LogP contribution in [0.1, 0.15) is 15.9 Å². The molecule has 3 rings (SSSR count). The number of halogens is 1. The van der Waals surface area contributed by atoms with E-state index in [2.05, 4.69) is 27.9 Å². The average molecular weight is 449 g/mol. The van der Waals surface area contributed by atoms with Crippen molar-refractivity contribution in [1.29, 1.82) is 0 Å². The zero-order chi connectivity index (χ0) is 17.6. The minimum absolute atomic E-state index is 0.0304. The van der Waals surface area contributed by atoms with Gasteiger partial charge in [0.2, 0.25) is 0 Å². The quantitative estimate of drug-likeness (QED) is 0.733. The Bertz CT molecular complexity index is 743. The Balaban J connectivity index is 1.49. The summed E-state index contributed by atoms with van der Waals surface area (Å²) in [6.45, 7) is 2.74. The summed E-state index contributed by atoms with van der Waals surface area (Å²) in [6.07, 6.45) is 0. The van der Waals surface area contributed by atoms with Crippen molar-refractivity contribution in [2.75, 3.05) is 26.2 Å². The highest BCUT2D eigenvalue weighted by atomic mass is 127. The predicted molar refractivity (Wildman–Crippen MR) is 105 cm³/mol. The number of carbonyl (C=O) groups is 2. The molecule has 1 fully saturated rings. The minimum Gasteiger partial charge on any atom is -0.335 e. The lowest BCUT2D eigenvalue weighted by Gasteiger charge is -2.34. The van der Waals surface area contributed by atoms with Gasteiger partial charge in [-0.05, 0) is 46.4 Å². The zero-order valence-electron chi connectivity index (χ0n) is 13.8. The third-order valence-corrected chi connectivity index (χ3v) is 4.88. The van der Waals surface area contributed by atoms with E-state index in [-0.39, 0.29) is 11.9 Å². The molecule has 25 heavy (non-hydrogen) atoms. The lowest BCUT2D eigenvalue weighted by atomic mass is 10.2. The highest BCUT2D eigenvalue weighted by Crippen LogP contribution is 2.12. The van der Waals surface area contributed by atoms with Gasteiger partial charge in [0, 0.05) is 41.9 Å². The smallest absolute Gasteiger partial charge is 0.317 e. The van der Waals surface area contributed by atoms with Gasteiger partial charge in [-0.25, -0.2) is 4.79 Å². The van der Waals surface area contributed by atoms with Gasteiger partial charge < -0.3 is 15.1 Å². The number of urea groups is 1. The van der Waals surface area contributed by atoms with Crippen LogP contribution in [-0.4, -0.2) is 47.9 Å². The maximum atomic E-state index is 12.5. The summed E-state index contributed by atoms with van der Waals surface area (Å²) in [5.74, 6) is 0.0304. The number of hydrogen-bond acceptors (Lipinski definition) is 2. The van der Waals surface area contributed by atoms with E-state index in [9.17, 15) is 9.59 Å². The molecular formula is C19H20IN3O2. The van der Waals surface area contributed by atoms with Crippen molar-refractivity contribution in [3.8, 4) is 0 Å². The fourth-order valence-electron chi connectivity index (χ4n) is 2.80. The monoisotopic (exact) mass is 449 g/mol. The van der Waals surface area contributed by atoms with E-state index in [0.29, 0.717) is 38.3 Å². The number of nitrogens with zero attached hydrogens (tertiary/aromatic N) is 2. The zero-order valence-corrected chi connectivity index (χ0v) is 16.0. The first-order chi connectivity index (χ1) is 12.1. The number of piperazine rings is 1. The molecule has 0 spiro atoms. The van der Waals surface area contributed by atoms with Crippen LogP contribution in [0.4, 0.5) is 4.79 Å². The normalized spacial score (nSPS) is 14.3. The van der Waals surface area contributed by atoms with Crippen molar-refractivity contribution in [1.82, 2.24) is 15.1 Å². The van der Waals surface area contributed by atoms with Crippen LogP contribution in [0.25, 0.3) is 0 Å². The van der Waals surface area contributed by atoms with Gasteiger partial charge in [0.25, 0.3) is 5.91 Å². The summed E-state index contributed by atoms with van der Waals surface area (Å²) in [5.41, 5.74) is 1.78. The Morgan fingerprint density at radius 1 is 0.920 bits per heavy atom. The number of rotatable bonds is 3. The second-order valence-corrected chi connectivity index (χ2v) is 7.18. The van der Waals surface area contributed by atoms with Gasteiger partial charge >= 0.3 is 6.03 Å². The molecule has 0 radical (unpaired) electrons. The van der Waals surface area contributed by atoms with E-state index in [4.69, 9.17) is 0 Å². The number of nitrogens with one attached hydrogen (secondary N) is 1. The van der Waals surface area contributed by atoms with Gasteiger partial charge in [-0.3, -0.25) is 4.79 Å². The fraction of sp³-hybridized carbons (Fsp3) is 0.263. The maximum Gasteiger partial charge on any atom is 0.317 e. The van der Waals surface area contributed by atoms with Crippen molar-refractivity contribution in [3.05, 3.63) is 69.3 Å². The van der Waals surface area contributed by atoms with Crippen LogP contribution in [-0.2, 0) is 6.54 Å². The lowest BCUT2D eigenvalue weighted by molar-refractivity contribution is 0.0665. The van der Waals surface area contributed by atoms with Gasteiger partial charge in [-0.1, -0.05) is 36.4 Å². The van der Waals surface area contributed by atoms with Gasteiger partial charge in [-0.2, -0.15) is 0 Å². The predicted octanol–water partition coefficient (Wildman–Crippen LogP) is 2.96. The molecule has 1 aliphatic heterocycles. The molecule has 0 bridgehead atoms. The Morgan fingerprint density at radius 3 is 2.28 bits per heavy atom. The molecule has 1 heterocycles. The molecule has 2 aromatic carbocycles. The SMILES string of the molecule is O=C(NCc1ccccc1)N1CCN(C(=O)c2cccc(I)c2)CC1. The van der Waals surface area contributed by atoms with E-state index >= 15 is 0 Å². The highest BCUT2D eigenvalue weighted by Gasteiger charge is 2.24. The van der Waals surface area contributed by atoms with Crippen LogP contribution >= 0.6 is 22.6 Å². The second kappa shape index (κ2) is 8.33. The largest absolute Gasteiger partial charge is 0.335 e. The van der Waals surface area contributed by atoms with Crippen LogP contribution in [0, 0.1) is 3.57 Å². The Kier molecular flexibility index (Phi) is 5.91. The van der Waals surface area contributed by atoms with Gasteiger partial charge in [-0.15, -0.1) is 0 Å². The molecule has 0 aliphatic carbocycles. The first-order valence-corrected chi connectivity index (χ1v) is 9.33. The molecule has 130 valence electrons. The summed E-state index contributed by atoms with van der Waals surface area (Å²) >= 11 is 2.20. The molecule has 0 aromatic heterocycles. The number of benzene rings is 2. The summed E-state index contributed by atoms with van der Waals surface area (Å²) < 4.78 is 1.04. The van der Waals surface area contributed by atoms with Crippen LogP contribution in [0.3, 0.4) is 0 Å². The van der Waals surface area contributed by atoms with Crippen molar-refractivity contribution in [2.45, 2.75) is 6.54 Å². The van der Waals surface area contributed by atoms with Crippen LogP contribution in [0.15, 0.2) is 54.6 Å². The summed E-state index contributed by atoms with van der Waals surface area (Å²) in [7, 11) is 0. The van der Waals surface area contributed by atoms with Crippen molar-refractivity contribution in [2.24, 2.45) is 0 Å². The molecule has 2 aromatic rings. The van der Waals surface area contributed by atoms with E-state index in [1.165, 1.54) is 0 Å². The van der Waals surface area contributed by atoms with Gasteiger partial charge in [0.05, 0.1) is 0 Å². The van der Waals surface area contributed by atoms with Crippen molar-refractivity contribution < 1.29 is 9.59 Å². The first kappa shape index (κ1) is 17.7. The fourth-order valence-corrected chi connectivity index (χ4v) is 3.35. The van der Waals surface area contributed by atoms with E-state index in [1.807, 2.05) is 59.5 Å². The maximum absolute atomic E-state index is 12.5. The highest BCUT2D eigenvalue weighted by molar-refractivity contribution is 14.1. The molecule has 5 nitrogen and oxygen atoms in total. The Labute approximate surface area is 161 Å². The molecule has 0 atom stereocenters. The third kappa shape index (κ3) is 4.72. The second-order valence-electron chi connectivity index (χ2n) is 5.93. The summed E-state index contributed by atoms with van der Waals surface area (Å²) in [4.78, 5) is 28.4. The minimum atomic E-state index is -0.0785. The Morgan fingerprint density at radius 2 is 1.60 bits per heavy atom. The van der Waals surface area contributed by atoms with Crippen molar-refractivity contribution in [3.63, 3.8) is 0 Å². The molecule has 1 saturated heterocycles. The first-order valence-electron chi connectivity index (χ1n) is 8.25. The summed E-state index contributed by atoms with van der Waals surface area (Å²) in [5, 5.41) is 2.93. The standard InChI is InChI=1S/C19H20IN3O2/c20-17-8-4-7-16(13-17)18(24)22-9-11-23(12-10-22)19(25)21-14-15-5-2-1-3-6-15/h1-8,13H,9-12,14H2,(H,21,25). The Hall–Kier alpha value is -2.09. The van der Waals surface area contributed by atoms with Crippen molar-refractivity contribution >= 4 is 34.5 Å². The molecule has 1 N–H and O–H groups in total. The van der Waals surface area contributed by atoms with Gasteiger partial charge in [0.15, 0.2) is 0 Å². The molecule has 1 aliphatic rings. The molecule has 3 amide bonds. The number of carbonyl (C=O) groups excluding carboxylic acids is 2. The molecule has 6 heteroatoms. The average Bonchev–Trinajstić information content (AvgIpc) is 2.66. The lowest BCUT2D eigenvalue weighted by Crippen LogP contribution is -2.53. The molecule has 0 unspecified atom stereocenters. The summed E-state index contributed by atoms with van der Waals surface area (Å²) in [6, 6.07) is 17.3. The number of hydrogen-bond donors (Lipinski definition) is 1. The van der Waals surface area contributed by atoms with Crippen LogP contribution < -0.4 is 5.32 Å². The topological polar surface area (TPSA) is 52.7 Å². The van der Waals surface area contributed by atoms with E-state index in [0.717, 1.165) is 9.13 Å². The van der Waals surface area contributed by atoms with E-state index < -0.39 is 0 Å².